The summed E-state index contributed by atoms with van der Waals surface area (Å²) in [5, 5.41) is 0. The van der Waals surface area contributed by atoms with Crippen LogP contribution in [0.4, 0.5) is 13.2 Å². The molecule has 1 aromatic carbocycles. The molecule has 0 heterocycles. The van der Waals surface area contributed by atoms with Gasteiger partial charge in [0, 0.05) is 5.71 Å². The summed E-state index contributed by atoms with van der Waals surface area (Å²) < 4.78 is 43.2. The Morgan fingerprint density at radius 1 is 1.30 bits per heavy atom. The van der Waals surface area contributed by atoms with Gasteiger partial charge in [0.25, 0.3) is 0 Å². The van der Waals surface area contributed by atoms with E-state index in [4.69, 9.17) is 0 Å². The zero-order valence-electron chi connectivity index (χ0n) is 11.3. The molecule has 3 nitrogen and oxygen atoms in total. The summed E-state index contributed by atoms with van der Waals surface area (Å²) in [5.74, 6) is -0.903. The molecule has 0 saturated carbocycles. The maximum Gasteiger partial charge on any atom is 0.411 e. The summed E-state index contributed by atoms with van der Waals surface area (Å²) in [4.78, 5) is 14.9. The lowest BCUT2D eigenvalue weighted by atomic mass is 10.1. The number of esters is 1. The van der Waals surface area contributed by atoms with Crippen molar-refractivity contribution in [2.75, 3.05) is 6.61 Å². The van der Waals surface area contributed by atoms with Crippen molar-refractivity contribution in [1.82, 2.24) is 0 Å². The van der Waals surface area contributed by atoms with E-state index in [1.54, 1.807) is 37.3 Å². The zero-order chi connectivity index (χ0) is 15.2. The minimum absolute atomic E-state index is 0.0464. The molecule has 0 N–H and O–H groups in total. The van der Waals surface area contributed by atoms with Crippen molar-refractivity contribution in [3.05, 3.63) is 35.9 Å². The van der Waals surface area contributed by atoms with Gasteiger partial charge < -0.3 is 4.74 Å². The first-order valence-electron chi connectivity index (χ1n) is 6.16. The summed E-state index contributed by atoms with van der Waals surface area (Å²) in [5.41, 5.74) is 0.822. The second-order valence-electron chi connectivity index (χ2n) is 4.15. The molecule has 1 aromatic rings. The van der Waals surface area contributed by atoms with Gasteiger partial charge in [-0.05, 0) is 19.4 Å². The molecule has 6 heteroatoms. The van der Waals surface area contributed by atoms with Crippen molar-refractivity contribution in [3.63, 3.8) is 0 Å². The van der Waals surface area contributed by atoms with Crippen LogP contribution in [0.1, 0.15) is 25.8 Å². The standard InChI is InChI=1S/C14H16F3NO2/c1-3-20-13(19)9-12(14(15,16)17)18-10(2)11-7-5-4-6-8-11/h4-8,12H,3,9H2,1-2H3/t12-/m0/s1. The van der Waals surface area contributed by atoms with Gasteiger partial charge >= 0.3 is 12.1 Å². The quantitative estimate of drug-likeness (QED) is 0.615. The lowest BCUT2D eigenvalue weighted by Crippen LogP contribution is -2.31. The Balaban J connectivity index is 2.92. The summed E-state index contributed by atoms with van der Waals surface area (Å²) in [6.45, 7) is 3.07. The third kappa shape index (κ3) is 5.03. The number of alkyl halides is 3. The summed E-state index contributed by atoms with van der Waals surface area (Å²) in [7, 11) is 0. The highest BCUT2D eigenvalue weighted by atomic mass is 19.4. The third-order valence-electron chi connectivity index (χ3n) is 2.58. The Labute approximate surface area is 115 Å². The van der Waals surface area contributed by atoms with Gasteiger partial charge in [0.05, 0.1) is 13.0 Å². The van der Waals surface area contributed by atoms with Gasteiger partial charge in [-0.2, -0.15) is 13.2 Å². The first-order chi connectivity index (χ1) is 9.34. The number of hydrogen-bond donors (Lipinski definition) is 0. The van der Waals surface area contributed by atoms with Crippen LogP contribution in [-0.4, -0.2) is 30.5 Å². The minimum atomic E-state index is -4.58. The van der Waals surface area contributed by atoms with Crippen LogP contribution < -0.4 is 0 Å². The summed E-state index contributed by atoms with van der Waals surface area (Å²) >= 11 is 0. The van der Waals surface area contributed by atoms with Crippen molar-refractivity contribution < 1.29 is 22.7 Å². The number of ether oxygens (including phenoxy) is 1. The number of carbonyl (C=O) groups is 1. The molecule has 0 aliphatic carbocycles. The number of rotatable bonds is 5. The number of hydrogen-bond acceptors (Lipinski definition) is 3. The van der Waals surface area contributed by atoms with Crippen molar-refractivity contribution in [1.29, 1.82) is 0 Å². The molecule has 110 valence electrons. The predicted octanol–water partition coefficient (Wildman–Crippen LogP) is 3.38. The SMILES string of the molecule is CCOC(=O)C[C@H](N=C(C)c1ccccc1)C(F)(F)F. The van der Waals surface area contributed by atoms with E-state index in [0.29, 0.717) is 5.56 Å². The van der Waals surface area contributed by atoms with E-state index in [0.717, 1.165) is 0 Å². The topological polar surface area (TPSA) is 38.7 Å². The normalized spacial score (nSPS) is 13.9. The van der Waals surface area contributed by atoms with E-state index < -0.39 is 24.6 Å². The fourth-order valence-corrected chi connectivity index (χ4v) is 1.60. The van der Waals surface area contributed by atoms with Crippen LogP contribution in [0.5, 0.6) is 0 Å². The van der Waals surface area contributed by atoms with E-state index in [1.165, 1.54) is 6.92 Å². The van der Waals surface area contributed by atoms with E-state index in [9.17, 15) is 18.0 Å². The summed E-state index contributed by atoms with van der Waals surface area (Å²) in [6, 6.07) is 6.43. The molecule has 1 atom stereocenters. The third-order valence-corrected chi connectivity index (χ3v) is 2.58. The van der Waals surface area contributed by atoms with Crippen LogP contribution >= 0.6 is 0 Å². The molecule has 0 radical (unpaired) electrons. The Kier molecular flexibility index (Phi) is 5.73. The fourth-order valence-electron chi connectivity index (χ4n) is 1.60. The van der Waals surface area contributed by atoms with Gasteiger partial charge in [-0.3, -0.25) is 9.79 Å². The van der Waals surface area contributed by atoms with Crippen molar-refractivity contribution >= 4 is 11.7 Å². The van der Waals surface area contributed by atoms with Gasteiger partial charge in [0.15, 0.2) is 6.04 Å². The zero-order valence-corrected chi connectivity index (χ0v) is 11.3. The molecule has 0 fully saturated rings. The maximum absolute atomic E-state index is 12.9. The molecule has 0 aliphatic rings. The minimum Gasteiger partial charge on any atom is -0.466 e. The molecular formula is C14H16F3NO2. The Morgan fingerprint density at radius 3 is 2.40 bits per heavy atom. The van der Waals surface area contributed by atoms with Gasteiger partial charge in [0.1, 0.15) is 0 Å². The predicted molar refractivity (Wildman–Crippen MR) is 69.7 cm³/mol. The second-order valence-corrected chi connectivity index (χ2v) is 4.15. The Morgan fingerprint density at radius 2 is 1.90 bits per heavy atom. The van der Waals surface area contributed by atoms with Gasteiger partial charge in [-0.25, -0.2) is 0 Å². The second kappa shape index (κ2) is 7.07. The maximum atomic E-state index is 12.9. The van der Waals surface area contributed by atoms with E-state index in [-0.39, 0.29) is 12.3 Å². The molecular weight excluding hydrogens is 271 g/mol. The van der Waals surface area contributed by atoms with Gasteiger partial charge in [-0.15, -0.1) is 0 Å². The molecule has 1 rings (SSSR count). The van der Waals surface area contributed by atoms with Crippen LogP contribution in [0, 0.1) is 0 Å². The molecule has 0 spiro atoms. The molecule has 0 amide bonds. The van der Waals surface area contributed by atoms with Crippen LogP contribution in [0.2, 0.25) is 0 Å². The van der Waals surface area contributed by atoms with E-state index in [2.05, 4.69) is 9.73 Å². The van der Waals surface area contributed by atoms with Crippen molar-refractivity contribution in [2.45, 2.75) is 32.5 Å². The average Bonchev–Trinajstić information content (AvgIpc) is 2.38. The van der Waals surface area contributed by atoms with Crippen LogP contribution in [0.15, 0.2) is 35.3 Å². The number of halogens is 3. The molecule has 0 aliphatic heterocycles. The molecule has 0 aromatic heterocycles. The molecule has 0 bridgehead atoms. The highest BCUT2D eigenvalue weighted by Crippen LogP contribution is 2.26. The van der Waals surface area contributed by atoms with E-state index in [1.807, 2.05) is 0 Å². The monoisotopic (exact) mass is 287 g/mol. The Hall–Kier alpha value is -1.85. The molecule has 0 saturated heterocycles. The van der Waals surface area contributed by atoms with Crippen LogP contribution in [-0.2, 0) is 9.53 Å². The summed E-state index contributed by atoms with van der Waals surface area (Å²) in [6.07, 6.45) is -5.38. The lowest BCUT2D eigenvalue weighted by molar-refractivity contribution is -0.163. The lowest BCUT2D eigenvalue weighted by Gasteiger charge is -2.16. The highest BCUT2D eigenvalue weighted by molar-refractivity contribution is 5.98. The Bertz CT molecular complexity index is 469. The first kappa shape index (κ1) is 16.2. The largest absolute Gasteiger partial charge is 0.466 e. The smallest absolute Gasteiger partial charge is 0.411 e. The van der Waals surface area contributed by atoms with Gasteiger partial charge in [0.2, 0.25) is 0 Å². The van der Waals surface area contributed by atoms with Crippen LogP contribution in [0.3, 0.4) is 0 Å². The van der Waals surface area contributed by atoms with Gasteiger partial charge in [-0.1, -0.05) is 30.3 Å². The van der Waals surface area contributed by atoms with E-state index >= 15 is 0 Å². The number of benzene rings is 1. The number of aliphatic imine (C=N–C) groups is 1. The molecule has 0 unspecified atom stereocenters. The molecule has 20 heavy (non-hydrogen) atoms. The highest BCUT2D eigenvalue weighted by Gasteiger charge is 2.41. The fraction of sp³-hybridized carbons (Fsp3) is 0.429. The number of nitrogens with zero attached hydrogens (tertiary/aromatic N) is 1. The number of carbonyl (C=O) groups excluding carboxylic acids is 1. The van der Waals surface area contributed by atoms with Crippen molar-refractivity contribution in [2.24, 2.45) is 4.99 Å². The first-order valence-corrected chi connectivity index (χ1v) is 6.16. The van der Waals surface area contributed by atoms with Crippen molar-refractivity contribution in [3.8, 4) is 0 Å². The van der Waals surface area contributed by atoms with Crippen LogP contribution in [0.25, 0.3) is 0 Å². The average molecular weight is 287 g/mol.